The van der Waals surface area contributed by atoms with Gasteiger partial charge in [-0.05, 0) is 27.2 Å². The smallest absolute Gasteiger partial charge is 0.276 e. The molecule has 0 bridgehead atoms. The minimum Gasteiger partial charge on any atom is -0.361 e. The van der Waals surface area contributed by atoms with Gasteiger partial charge in [0, 0.05) is 44.4 Å². The fourth-order valence-corrected chi connectivity index (χ4v) is 2.91. The van der Waals surface area contributed by atoms with Gasteiger partial charge in [-0.15, -0.1) is 0 Å². The van der Waals surface area contributed by atoms with E-state index in [-0.39, 0.29) is 5.91 Å². The third-order valence-corrected chi connectivity index (χ3v) is 4.29. The van der Waals surface area contributed by atoms with Crippen molar-refractivity contribution < 1.29 is 13.8 Å². The molecular weight excluding hydrogens is 296 g/mol. The highest BCUT2D eigenvalue weighted by molar-refractivity contribution is 5.92. The number of amides is 1. The molecule has 0 aliphatic carbocycles. The average Bonchev–Trinajstić information content (AvgIpc) is 3.00. The number of carbonyl (C=O) groups is 1. The molecule has 0 N–H and O–H groups in total. The molecule has 7 heteroatoms. The van der Waals surface area contributed by atoms with Gasteiger partial charge in [-0.2, -0.15) is 0 Å². The average molecular weight is 318 g/mol. The van der Waals surface area contributed by atoms with Gasteiger partial charge in [-0.3, -0.25) is 9.69 Å². The summed E-state index contributed by atoms with van der Waals surface area (Å²) in [4.78, 5) is 16.7. The van der Waals surface area contributed by atoms with Crippen molar-refractivity contribution in [3.63, 3.8) is 0 Å². The van der Waals surface area contributed by atoms with E-state index in [1.165, 1.54) is 0 Å². The predicted octanol–water partition coefficient (Wildman–Crippen LogP) is 1.94. The molecule has 3 rings (SSSR count). The first-order chi connectivity index (χ1) is 11.0. The Balaban J connectivity index is 1.62. The Kier molecular flexibility index (Phi) is 4.47. The van der Waals surface area contributed by atoms with Crippen molar-refractivity contribution in [1.29, 1.82) is 0 Å². The number of aromatic nitrogens is 2. The second-order valence-electron chi connectivity index (χ2n) is 6.05. The lowest BCUT2D eigenvalue weighted by molar-refractivity contribution is 0.0750. The normalized spacial score (nSPS) is 16.6. The molecule has 7 nitrogen and oxygen atoms in total. The van der Waals surface area contributed by atoms with Crippen LogP contribution in [0.25, 0.3) is 0 Å². The van der Waals surface area contributed by atoms with Crippen molar-refractivity contribution >= 4 is 5.91 Å². The molecule has 23 heavy (non-hydrogen) atoms. The fourth-order valence-electron chi connectivity index (χ4n) is 2.91. The first-order valence-electron chi connectivity index (χ1n) is 7.91. The zero-order valence-corrected chi connectivity index (χ0v) is 13.8. The number of hydrogen-bond acceptors (Lipinski definition) is 6. The Morgan fingerprint density at radius 2 is 1.96 bits per heavy atom. The monoisotopic (exact) mass is 318 g/mol. The van der Waals surface area contributed by atoms with E-state index in [1.54, 1.807) is 13.0 Å². The van der Waals surface area contributed by atoms with E-state index in [0.29, 0.717) is 18.0 Å². The zero-order chi connectivity index (χ0) is 16.4. The maximum atomic E-state index is 12.5. The third kappa shape index (κ3) is 3.44. The zero-order valence-electron chi connectivity index (χ0n) is 13.8. The minimum absolute atomic E-state index is 0.0546. The summed E-state index contributed by atoms with van der Waals surface area (Å²) in [7, 11) is 0. The lowest BCUT2D eigenvalue weighted by Crippen LogP contribution is -2.35. The number of hydrogen-bond donors (Lipinski definition) is 0. The molecule has 124 valence electrons. The van der Waals surface area contributed by atoms with Crippen molar-refractivity contribution in [1.82, 2.24) is 20.1 Å². The minimum atomic E-state index is -0.0546. The number of carbonyl (C=O) groups excluding carboxylic acids is 1. The predicted molar refractivity (Wildman–Crippen MR) is 83.0 cm³/mol. The summed E-state index contributed by atoms with van der Waals surface area (Å²) in [6.45, 7) is 9.71. The van der Waals surface area contributed by atoms with Gasteiger partial charge >= 0.3 is 0 Å². The summed E-state index contributed by atoms with van der Waals surface area (Å²) in [6.07, 6.45) is 0.936. The molecular formula is C16H22N4O3. The van der Waals surface area contributed by atoms with Crippen molar-refractivity contribution in [3.8, 4) is 0 Å². The summed E-state index contributed by atoms with van der Waals surface area (Å²) in [5, 5.41) is 7.83. The van der Waals surface area contributed by atoms with Gasteiger partial charge in [0.25, 0.3) is 5.91 Å². The number of aryl methyl sites for hydroxylation is 3. The molecule has 2 aromatic heterocycles. The molecule has 2 aromatic rings. The van der Waals surface area contributed by atoms with Crippen LogP contribution in [-0.4, -0.2) is 52.2 Å². The molecule has 0 spiro atoms. The maximum absolute atomic E-state index is 12.5. The molecule has 0 aromatic carbocycles. The second-order valence-corrected chi connectivity index (χ2v) is 6.05. The van der Waals surface area contributed by atoms with E-state index in [1.807, 2.05) is 18.7 Å². The number of rotatable bonds is 3. The highest BCUT2D eigenvalue weighted by Crippen LogP contribution is 2.17. The second kappa shape index (κ2) is 6.54. The summed E-state index contributed by atoms with van der Waals surface area (Å²) >= 11 is 0. The van der Waals surface area contributed by atoms with Gasteiger partial charge in [0.15, 0.2) is 5.69 Å². The molecule has 1 amide bonds. The topological polar surface area (TPSA) is 75.6 Å². The van der Waals surface area contributed by atoms with Crippen LogP contribution in [0.15, 0.2) is 15.1 Å². The van der Waals surface area contributed by atoms with Crippen molar-refractivity contribution in [2.45, 2.75) is 33.7 Å². The van der Waals surface area contributed by atoms with Gasteiger partial charge in [0.05, 0.1) is 5.69 Å². The molecule has 0 radical (unpaired) electrons. The van der Waals surface area contributed by atoms with Crippen LogP contribution in [0.2, 0.25) is 0 Å². The molecule has 0 unspecified atom stereocenters. The van der Waals surface area contributed by atoms with Gasteiger partial charge < -0.3 is 13.9 Å². The van der Waals surface area contributed by atoms with E-state index < -0.39 is 0 Å². The van der Waals surface area contributed by atoms with Gasteiger partial charge in [-0.25, -0.2) is 0 Å². The SMILES string of the molecule is Cc1cc(C(=O)N2CCCN(Cc3c(C)noc3C)CC2)no1. The van der Waals surface area contributed by atoms with Crippen molar-refractivity contribution in [2.24, 2.45) is 0 Å². The van der Waals surface area contributed by atoms with E-state index >= 15 is 0 Å². The molecule has 3 heterocycles. The quantitative estimate of drug-likeness (QED) is 0.861. The maximum Gasteiger partial charge on any atom is 0.276 e. The van der Waals surface area contributed by atoms with Crippen LogP contribution in [-0.2, 0) is 6.54 Å². The van der Waals surface area contributed by atoms with Crippen LogP contribution in [0.1, 0.15) is 39.7 Å². The van der Waals surface area contributed by atoms with E-state index in [0.717, 1.165) is 49.6 Å². The highest BCUT2D eigenvalue weighted by atomic mass is 16.5. The Morgan fingerprint density at radius 3 is 2.61 bits per heavy atom. The van der Waals surface area contributed by atoms with Crippen LogP contribution in [0.5, 0.6) is 0 Å². The Bertz CT molecular complexity index is 672. The Labute approximate surface area is 135 Å². The van der Waals surface area contributed by atoms with E-state index in [2.05, 4.69) is 15.2 Å². The third-order valence-electron chi connectivity index (χ3n) is 4.29. The van der Waals surface area contributed by atoms with Crippen molar-refractivity contribution in [3.05, 3.63) is 34.5 Å². The molecule has 1 aliphatic rings. The summed E-state index contributed by atoms with van der Waals surface area (Å²) in [5.74, 6) is 1.47. The van der Waals surface area contributed by atoms with Crippen LogP contribution in [0.3, 0.4) is 0 Å². The summed E-state index contributed by atoms with van der Waals surface area (Å²) in [6, 6.07) is 1.69. The van der Waals surface area contributed by atoms with E-state index in [9.17, 15) is 4.79 Å². The Hall–Kier alpha value is -2.15. The summed E-state index contributed by atoms with van der Waals surface area (Å²) in [5.41, 5.74) is 2.48. The summed E-state index contributed by atoms with van der Waals surface area (Å²) < 4.78 is 10.2. The molecule has 1 fully saturated rings. The van der Waals surface area contributed by atoms with Gasteiger partial charge in [0.2, 0.25) is 0 Å². The lowest BCUT2D eigenvalue weighted by Gasteiger charge is -2.21. The largest absolute Gasteiger partial charge is 0.361 e. The van der Waals surface area contributed by atoms with Crippen LogP contribution in [0, 0.1) is 20.8 Å². The first-order valence-corrected chi connectivity index (χ1v) is 7.91. The van der Waals surface area contributed by atoms with Gasteiger partial charge in [0.1, 0.15) is 11.5 Å². The fraction of sp³-hybridized carbons (Fsp3) is 0.562. The molecule has 0 atom stereocenters. The first kappa shape index (κ1) is 15.7. The Morgan fingerprint density at radius 1 is 1.13 bits per heavy atom. The van der Waals surface area contributed by atoms with E-state index in [4.69, 9.17) is 9.05 Å². The lowest BCUT2D eigenvalue weighted by atomic mass is 10.2. The standard InChI is InChI=1S/C16H22N4O3/c1-11-9-15(18-22-11)16(21)20-6-4-5-19(7-8-20)10-14-12(2)17-23-13(14)3/h9H,4-8,10H2,1-3H3. The van der Waals surface area contributed by atoms with Crippen LogP contribution < -0.4 is 0 Å². The molecule has 0 saturated carbocycles. The molecule has 1 aliphatic heterocycles. The highest BCUT2D eigenvalue weighted by Gasteiger charge is 2.23. The van der Waals surface area contributed by atoms with Crippen LogP contribution >= 0.6 is 0 Å². The van der Waals surface area contributed by atoms with Gasteiger partial charge in [-0.1, -0.05) is 10.3 Å². The number of nitrogens with zero attached hydrogens (tertiary/aromatic N) is 4. The van der Waals surface area contributed by atoms with Crippen LogP contribution in [0.4, 0.5) is 0 Å². The van der Waals surface area contributed by atoms with Crippen molar-refractivity contribution in [2.75, 3.05) is 26.2 Å². The molecule has 1 saturated heterocycles.